The van der Waals surface area contributed by atoms with Gasteiger partial charge in [0.25, 0.3) is 0 Å². The van der Waals surface area contributed by atoms with Crippen molar-refractivity contribution in [2.75, 3.05) is 18.6 Å². The first-order chi connectivity index (χ1) is 12.7. The summed E-state index contributed by atoms with van der Waals surface area (Å²) in [7, 11) is 1.87. The normalized spacial score (nSPS) is 17.0. The number of likely N-dealkylation sites (N-methyl/N-ethyl adjacent to an activating group) is 1. The van der Waals surface area contributed by atoms with E-state index in [9.17, 15) is 13.2 Å². The highest BCUT2D eigenvalue weighted by molar-refractivity contribution is 6.32. The number of rotatable bonds is 2. The molecule has 1 atom stereocenters. The lowest BCUT2D eigenvalue weighted by Gasteiger charge is -2.33. The van der Waals surface area contributed by atoms with Gasteiger partial charge in [0.15, 0.2) is 16.7 Å². The standard InChI is InChI=1S/C16H13ClF3N5O2/c1-8-7-26-12-11(24(8)2)13(17)23-25-14(21-22-15(12)25)9-4-3-5-10(6-9)27-16(18,19)20/h3-6,8H,7H2,1-2H3/t8-/m0/s1. The molecule has 142 valence electrons. The van der Waals surface area contributed by atoms with Crippen LogP contribution in [0.4, 0.5) is 18.9 Å². The number of hydrogen-bond acceptors (Lipinski definition) is 6. The average Bonchev–Trinajstić information content (AvgIpc) is 3.00. The molecule has 0 saturated heterocycles. The van der Waals surface area contributed by atoms with Crippen LogP contribution in [-0.4, -0.2) is 45.9 Å². The van der Waals surface area contributed by atoms with Gasteiger partial charge in [0.1, 0.15) is 18.0 Å². The maximum atomic E-state index is 12.5. The SMILES string of the molecule is C[C@H]1COc2c(c(Cl)nn3c(-c4cccc(OC(F)(F)F)c4)nnc23)N1C. The minimum atomic E-state index is -4.79. The lowest BCUT2D eigenvalue weighted by molar-refractivity contribution is -0.274. The van der Waals surface area contributed by atoms with Crippen LogP contribution in [0.25, 0.3) is 17.0 Å². The summed E-state index contributed by atoms with van der Waals surface area (Å²) >= 11 is 6.33. The van der Waals surface area contributed by atoms with Gasteiger partial charge in [-0.05, 0) is 19.1 Å². The molecule has 0 radical (unpaired) electrons. The van der Waals surface area contributed by atoms with Gasteiger partial charge in [0.05, 0.1) is 6.04 Å². The molecule has 0 unspecified atom stereocenters. The number of alkyl halides is 3. The summed E-state index contributed by atoms with van der Waals surface area (Å²) in [5, 5.41) is 12.6. The Hall–Kier alpha value is -2.75. The van der Waals surface area contributed by atoms with Crippen LogP contribution in [0.3, 0.4) is 0 Å². The smallest absolute Gasteiger partial charge is 0.485 e. The minimum Gasteiger partial charge on any atom is -0.485 e. The topological polar surface area (TPSA) is 64.8 Å². The van der Waals surface area contributed by atoms with Crippen LogP contribution >= 0.6 is 11.6 Å². The highest BCUT2D eigenvalue weighted by atomic mass is 35.5. The Morgan fingerprint density at radius 2 is 2.07 bits per heavy atom. The molecule has 0 N–H and O–H groups in total. The van der Waals surface area contributed by atoms with Gasteiger partial charge in [-0.25, -0.2) is 0 Å². The molecular formula is C16H13ClF3N5O2. The number of hydrogen-bond donors (Lipinski definition) is 0. The van der Waals surface area contributed by atoms with Crippen LogP contribution in [0.15, 0.2) is 24.3 Å². The highest BCUT2D eigenvalue weighted by Gasteiger charge is 2.32. The molecule has 0 aliphatic carbocycles. The van der Waals surface area contributed by atoms with Gasteiger partial charge in [-0.3, -0.25) is 0 Å². The first-order valence-corrected chi connectivity index (χ1v) is 8.29. The summed E-state index contributed by atoms with van der Waals surface area (Å²) in [6.07, 6.45) is -4.79. The third kappa shape index (κ3) is 3.09. The van der Waals surface area contributed by atoms with E-state index in [2.05, 4.69) is 20.0 Å². The molecule has 3 heterocycles. The average molecular weight is 400 g/mol. The van der Waals surface area contributed by atoms with Crippen molar-refractivity contribution in [3.63, 3.8) is 0 Å². The van der Waals surface area contributed by atoms with Gasteiger partial charge in [-0.1, -0.05) is 23.7 Å². The van der Waals surface area contributed by atoms with Crippen LogP contribution in [-0.2, 0) is 0 Å². The number of halogens is 4. The van der Waals surface area contributed by atoms with Crippen LogP contribution in [0.1, 0.15) is 6.92 Å². The second-order valence-electron chi connectivity index (χ2n) is 6.07. The molecule has 3 aromatic rings. The Bertz CT molecular complexity index is 1020. The number of ether oxygens (including phenoxy) is 2. The van der Waals surface area contributed by atoms with E-state index < -0.39 is 6.36 Å². The molecule has 7 nitrogen and oxygen atoms in total. The van der Waals surface area contributed by atoms with Gasteiger partial charge in [-0.2, -0.15) is 4.52 Å². The van der Waals surface area contributed by atoms with Crippen molar-refractivity contribution in [1.82, 2.24) is 19.8 Å². The zero-order valence-electron chi connectivity index (χ0n) is 14.2. The van der Waals surface area contributed by atoms with Crippen molar-refractivity contribution < 1.29 is 22.6 Å². The molecule has 0 fully saturated rings. The number of fused-ring (bicyclic) bond motifs is 3. The Labute approximate surface area is 156 Å². The van der Waals surface area contributed by atoms with Crippen molar-refractivity contribution in [3.05, 3.63) is 29.4 Å². The van der Waals surface area contributed by atoms with E-state index in [1.165, 1.54) is 22.7 Å². The first-order valence-electron chi connectivity index (χ1n) is 7.91. The fourth-order valence-electron chi connectivity index (χ4n) is 2.84. The molecule has 11 heteroatoms. The van der Waals surface area contributed by atoms with Crippen LogP contribution in [0.5, 0.6) is 11.5 Å². The van der Waals surface area contributed by atoms with Crippen LogP contribution in [0.2, 0.25) is 5.15 Å². The number of aromatic nitrogens is 4. The van der Waals surface area contributed by atoms with Crippen LogP contribution in [0, 0.1) is 0 Å². The lowest BCUT2D eigenvalue weighted by Crippen LogP contribution is -2.38. The third-order valence-electron chi connectivity index (χ3n) is 4.25. The zero-order chi connectivity index (χ0) is 19.3. The molecule has 0 saturated carbocycles. The van der Waals surface area contributed by atoms with Crippen molar-refractivity contribution in [2.45, 2.75) is 19.3 Å². The summed E-state index contributed by atoms with van der Waals surface area (Å²) in [4.78, 5) is 1.93. The minimum absolute atomic E-state index is 0.0952. The summed E-state index contributed by atoms with van der Waals surface area (Å²) in [5.41, 5.74) is 1.26. The first kappa shape index (κ1) is 17.7. The van der Waals surface area contributed by atoms with Crippen molar-refractivity contribution in [3.8, 4) is 22.9 Å². The van der Waals surface area contributed by atoms with E-state index >= 15 is 0 Å². The summed E-state index contributed by atoms with van der Waals surface area (Å²) in [5.74, 6) is 0.273. The molecule has 0 bridgehead atoms. The summed E-state index contributed by atoms with van der Waals surface area (Å²) in [6.45, 7) is 2.40. The van der Waals surface area contributed by atoms with Gasteiger partial charge in [-0.15, -0.1) is 28.5 Å². The highest BCUT2D eigenvalue weighted by Crippen LogP contribution is 2.41. The molecule has 0 spiro atoms. The Balaban J connectivity index is 1.84. The van der Waals surface area contributed by atoms with Gasteiger partial charge < -0.3 is 14.4 Å². The Morgan fingerprint density at radius 3 is 2.81 bits per heavy atom. The van der Waals surface area contributed by atoms with Gasteiger partial charge in [0, 0.05) is 12.6 Å². The van der Waals surface area contributed by atoms with Crippen LogP contribution < -0.4 is 14.4 Å². The monoisotopic (exact) mass is 399 g/mol. The van der Waals surface area contributed by atoms with E-state index in [0.717, 1.165) is 0 Å². The molecule has 1 aliphatic heterocycles. The maximum absolute atomic E-state index is 12.5. The van der Waals surface area contributed by atoms with E-state index in [1.807, 2.05) is 18.9 Å². The van der Waals surface area contributed by atoms with Crippen molar-refractivity contribution in [1.29, 1.82) is 0 Å². The Morgan fingerprint density at radius 1 is 1.30 bits per heavy atom. The van der Waals surface area contributed by atoms with E-state index in [0.29, 0.717) is 29.3 Å². The van der Waals surface area contributed by atoms with E-state index in [4.69, 9.17) is 16.3 Å². The van der Waals surface area contributed by atoms with Crippen molar-refractivity contribution >= 4 is 22.9 Å². The fourth-order valence-corrected chi connectivity index (χ4v) is 3.13. The zero-order valence-corrected chi connectivity index (χ0v) is 14.9. The van der Waals surface area contributed by atoms with E-state index in [1.54, 1.807) is 6.07 Å². The third-order valence-corrected chi connectivity index (χ3v) is 4.51. The molecule has 27 heavy (non-hydrogen) atoms. The molecule has 1 aliphatic rings. The van der Waals surface area contributed by atoms with Crippen molar-refractivity contribution in [2.24, 2.45) is 0 Å². The maximum Gasteiger partial charge on any atom is 0.573 e. The van der Waals surface area contributed by atoms with E-state index in [-0.39, 0.29) is 22.8 Å². The Kier molecular flexibility index (Phi) is 4.02. The molecule has 1 aromatic carbocycles. The predicted molar refractivity (Wildman–Crippen MR) is 91.3 cm³/mol. The van der Waals surface area contributed by atoms with Gasteiger partial charge >= 0.3 is 6.36 Å². The van der Waals surface area contributed by atoms with Gasteiger partial charge in [0.2, 0.25) is 5.65 Å². The number of nitrogens with zero attached hydrogens (tertiary/aromatic N) is 5. The quantitative estimate of drug-likeness (QED) is 0.656. The second kappa shape index (κ2) is 6.15. The molecular weight excluding hydrogens is 387 g/mol. The number of benzene rings is 1. The summed E-state index contributed by atoms with van der Waals surface area (Å²) < 4.78 is 48.5. The molecule has 4 rings (SSSR count). The largest absolute Gasteiger partial charge is 0.573 e. The lowest BCUT2D eigenvalue weighted by atomic mass is 10.2. The second-order valence-corrected chi connectivity index (χ2v) is 6.43. The fraction of sp³-hybridized carbons (Fsp3) is 0.312. The molecule has 2 aromatic heterocycles. The molecule has 0 amide bonds. The number of anilines is 1. The summed E-state index contributed by atoms with van der Waals surface area (Å²) in [6, 6.07) is 5.49. The predicted octanol–water partition coefficient (Wildman–Crippen LogP) is 3.56.